The molecule has 0 radical (unpaired) electrons. The molecule has 2 rings (SSSR count). The molecule has 6 heteroatoms. The number of nitrogens with zero attached hydrogens (tertiary/aromatic N) is 1. The van der Waals surface area contributed by atoms with Gasteiger partial charge in [-0.2, -0.15) is 4.98 Å². The second-order valence-electron chi connectivity index (χ2n) is 3.90. The summed E-state index contributed by atoms with van der Waals surface area (Å²) in [6.07, 6.45) is 3.40. The number of fused-ring (bicyclic) bond motifs is 1. The van der Waals surface area contributed by atoms with Crippen LogP contribution < -0.4 is 4.74 Å². The van der Waals surface area contributed by atoms with Crippen molar-refractivity contribution < 1.29 is 14.3 Å². The number of ether oxygens (including phenoxy) is 1. The maximum Gasteiger partial charge on any atom is 0.394 e. The predicted molar refractivity (Wildman–Crippen MR) is 76.1 cm³/mol. The third kappa shape index (κ3) is 2.80. The van der Waals surface area contributed by atoms with Gasteiger partial charge in [-0.3, -0.25) is 0 Å². The SMILES string of the molecule is CCCCCOc1nc2c(O)c(Br)cc(Br)c2o1. The number of aromatic nitrogens is 1. The lowest BCUT2D eigenvalue weighted by molar-refractivity contribution is 0.230. The van der Waals surface area contributed by atoms with Crippen LogP contribution >= 0.6 is 31.9 Å². The number of phenolic OH excluding ortho intramolecular Hbond substituents is 1. The Labute approximate surface area is 122 Å². The Kier molecular flexibility index (Phi) is 4.50. The Morgan fingerprint density at radius 3 is 2.83 bits per heavy atom. The van der Waals surface area contributed by atoms with Crippen LogP contribution in [-0.4, -0.2) is 16.7 Å². The molecule has 1 aromatic heterocycles. The molecule has 4 nitrogen and oxygen atoms in total. The molecule has 0 atom stereocenters. The van der Waals surface area contributed by atoms with E-state index >= 15 is 0 Å². The van der Waals surface area contributed by atoms with Gasteiger partial charge in [-0.15, -0.1) is 0 Å². The number of rotatable bonds is 5. The molecule has 0 aliphatic rings. The van der Waals surface area contributed by atoms with Crippen LogP contribution in [-0.2, 0) is 0 Å². The van der Waals surface area contributed by atoms with E-state index in [4.69, 9.17) is 9.15 Å². The molecule has 1 N–H and O–H groups in total. The van der Waals surface area contributed by atoms with Crippen molar-refractivity contribution >= 4 is 43.0 Å². The largest absolute Gasteiger partial charge is 0.504 e. The summed E-state index contributed by atoms with van der Waals surface area (Å²) in [5.74, 6) is 0.0559. The van der Waals surface area contributed by atoms with E-state index in [0.717, 1.165) is 23.7 Å². The molecule has 0 saturated heterocycles. The number of phenols is 1. The minimum atomic E-state index is 0.0559. The Hall–Kier alpha value is -0.750. The van der Waals surface area contributed by atoms with Gasteiger partial charge >= 0.3 is 6.08 Å². The second kappa shape index (κ2) is 5.93. The number of hydrogen-bond acceptors (Lipinski definition) is 4. The molecule has 0 unspecified atom stereocenters. The predicted octanol–water partition coefficient (Wildman–Crippen LogP) is 4.63. The average Bonchev–Trinajstić information content (AvgIpc) is 2.77. The van der Waals surface area contributed by atoms with Crippen LogP contribution in [0.1, 0.15) is 26.2 Å². The first-order valence-corrected chi connectivity index (χ1v) is 7.32. The second-order valence-corrected chi connectivity index (χ2v) is 5.61. The van der Waals surface area contributed by atoms with Gasteiger partial charge in [-0.25, -0.2) is 0 Å². The maximum absolute atomic E-state index is 9.86. The highest BCUT2D eigenvalue weighted by Gasteiger charge is 2.16. The highest BCUT2D eigenvalue weighted by molar-refractivity contribution is 9.11. The number of aromatic hydroxyl groups is 1. The Morgan fingerprint density at radius 1 is 1.33 bits per heavy atom. The van der Waals surface area contributed by atoms with Crippen LogP contribution in [0.15, 0.2) is 19.4 Å². The van der Waals surface area contributed by atoms with Gasteiger partial charge in [0, 0.05) is 0 Å². The van der Waals surface area contributed by atoms with E-state index in [1.165, 1.54) is 0 Å². The van der Waals surface area contributed by atoms with Gasteiger partial charge in [0.05, 0.1) is 15.6 Å². The fourth-order valence-electron chi connectivity index (χ4n) is 1.55. The number of halogens is 2. The van der Waals surface area contributed by atoms with Crippen LogP contribution in [0.25, 0.3) is 11.1 Å². The zero-order chi connectivity index (χ0) is 13.1. The summed E-state index contributed by atoms with van der Waals surface area (Å²) in [6.45, 7) is 2.70. The van der Waals surface area contributed by atoms with Crippen LogP contribution in [0, 0.1) is 0 Å². The molecule has 0 bridgehead atoms. The Balaban J connectivity index is 2.22. The quantitative estimate of drug-likeness (QED) is 0.770. The van der Waals surface area contributed by atoms with Crippen molar-refractivity contribution in [3.8, 4) is 11.8 Å². The van der Waals surface area contributed by atoms with Crippen LogP contribution in [0.2, 0.25) is 0 Å². The van der Waals surface area contributed by atoms with Crippen molar-refractivity contribution in [1.82, 2.24) is 4.98 Å². The van der Waals surface area contributed by atoms with E-state index in [2.05, 4.69) is 43.8 Å². The molecule has 0 saturated carbocycles. The molecule has 0 fully saturated rings. The van der Waals surface area contributed by atoms with Crippen molar-refractivity contribution in [1.29, 1.82) is 0 Å². The first kappa shape index (κ1) is 13.7. The van der Waals surface area contributed by atoms with Gasteiger partial charge in [0.15, 0.2) is 16.8 Å². The molecule has 0 amide bonds. The molecule has 98 valence electrons. The van der Waals surface area contributed by atoms with Gasteiger partial charge in [0.25, 0.3) is 0 Å². The molecule has 0 aliphatic carbocycles. The number of oxazole rings is 1. The van der Waals surface area contributed by atoms with Crippen LogP contribution in [0.5, 0.6) is 11.8 Å². The first-order valence-electron chi connectivity index (χ1n) is 5.73. The normalized spacial score (nSPS) is 11.1. The van der Waals surface area contributed by atoms with Gasteiger partial charge in [-0.1, -0.05) is 19.8 Å². The Morgan fingerprint density at radius 2 is 2.11 bits per heavy atom. The van der Waals surface area contributed by atoms with Crippen molar-refractivity contribution in [2.75, 3.05) is 6.61 Å². The molecular formula is C12H13Br2NO3. The molecule has 2 aromatic rings. The fraction of sp³-hybridized carbons (Fsp3) is 0.417. The van der Waals surface area contributed by atoms with Crippen molar-refractivity contribution in [2.24, 2.45) is 0 Å². The summed E-state index contributed by atoms with van der Waals surface area (Å²) >= 11 is 6.60. The number of benzene rings is 1. The lowest BCUT2D eigenvalue weighted by Gasteiger charge is -1.98. The highest BCUT2D eigenvalue weighted by Crippen LogP contribution is 2.39. The smallest absolute Gasteiger partial charge is 0.394 e. The topological polar surface area (TPSA) is 55.5 Å². The maximum atomic E-state index is 9.86. The summed E-state index contributed by atoms with van der Waals surface area (Å²) in [5, 5.41) is 9.86. The summed E-state index contributed by atoms with van der Waals surface area (Å²) in [7, 11) is 0. The molecular weight excluding hydrogens is 366 g/mol. The number of unbranched alkanes of at least 4 members (excludes halogenated alkanes) is 2. The minimum Gasteiger partial charge on any atom is -0.504 e. The standard InChI is InChI=1S/C12H13Br2NO3/c1-2-3-4-5-17-12-15-9-10(16)7(13)6-8(14)11(9)18-12/h6,16H,2-5H2,1H3. The van der Waals surface area contributed by atoms with E-state index < -0.39 is 0 Å². The lowest BCUT2D eigenvalue weighted by atomic mass is 10.3. The molecule has 1 aromatic carbocycles. The van der Waals surface area contributed by atoms with Crippen molar-refractivity contribution in [2.45, 2.75) is 26.2 Å². The van der Waals surface area contributed by atoms with Crippen molar-refractivity contribution in [3.63, 3.8) is 0 Å². The van der Waals surface area contributed by atoms with Gasteiger partial charge < -0.3 is 14.3 Å². The van der Waals surface area contributed by atoms with E-state index in [-0.39, 0.29) is 11.8 Å². The van der Waals surface area contributed by atoms with Crippen LogP contribution in [0.4, 0.5) is 0 Å². The van der Waals surface area contributed by atoms with Gasteiger partial charge in [-0.05, 0) is 44.3 Å². The van der Waals surface area contributed by atoms with Gasteiger partial charge in [0.2, 0.25) is 0 Å². The highest BCUT2D eigenvalue weighted by atomic mass is 79.9. The summed E-state index contributed by atoms with van der Waals surface area (Å²) in [4.78, 5) is 4.13. The zero-order valence-electron chi connectivity index (χ0n) is 9.87. The molecule has 0 spiro atoms. The lowest BCUT2D eigenvalue weighted by Crippen LogP contribution is -1.96. The number of hydrogen-bond donors (Lipinski definition) is 1. The molecule has 1 heterocycles. The zero-order valence-corrected chi connectivity index (χ0v) is 13.0. The van der Waals surface area contributed by atoms with E-state index in [0.29, 0.717) is 22.2 Å². The monoisotopic (exact) mass is 377 g/mol. The van der Waals surface area contributed by atoms with E-state index in [9.17, 15) is 5.11 Å². The van der Waals surface area contributed by atoms with Gasteiger partial charge in [0.1, 0.15) is 0 Å². The summed E-state index contributed by atoms with van der Waals surface area (Å²) in [6, 6.07) is 1.71. The minimum absolute atomic E-state index is 0.0559. The fourth-order valence-corrected chi connectivity index (χ4v) is 2.78. The third-order valence-corrected chi connectivity index (χ3v) is 3.70. The summed E-state index contributed by atoms with van der Waals surface area (Å²) in [5.41, 5.74) is 0.878. The first-order chi connectivity index (χ1) is 8.63. The molecule has 0 aliphatic heterocycles. The third-order valence-electron chi connectivity index (χ3n) is 2.50. The van der Waals surface area contributed by atoms with Crippen molar-refractivity contribution in [3.05, 3.63) is 15.0 Å². The Bertz CT molecular complexity index is 554. The average molecular weight is 379 g/mol. The van der Waals surface area contributed by atoms with E-state index in [1.54, 1.807) is 6.07 Å². The van der Waals surface area contributed by atoms with E-state index in [1.807, 2.05) is 0 Å². The van der Waals surface area contributed by atoms with Crippen LogP contribution in [0.3, 0.4) is 0 Å². The molecule has 18 heavy (non-hydrogen) atoms. The summed E-state index contributed by atoms with van der Waals surface area (Å²) < 4.78 is 12.2.